The molecule has 2 saturated heterocycles. The molecule has 1 unspecified atom stereocenters. The molecule has 2 heterocycles. The SMILES string of the molecule is COc1ccc(N2CC(C(=O)Nc3ccc(C(=O)N4CCN(C)CC4)cc3)CC2=O)cc1. The first-order valence-corrected chi connectivity index (χ1v) is 10.8. The van der Waals surface area contributed by atoms with Crippen molar-refractivity contribution in [2.45, 2.75) is 6.42 Å². The number of nitrogens with zero attached hydrogens (tertiary/aromatic N) is 3. The van der Waals surface area contributed by atoms with Crippen molar-refractivity contribution in [1.29, 1.82) is 0 Å². The van der Waals surface area contributed by atoms with Gasteiger partial charge in [-0.3, -0.25) is 14.4 Å². The lowest BCUT2D eigenvalue weighted by molar-refractivity contribution is -0.122. The molecular formula is C24H28N4O4. The number of piperazine rings is 1. The summed E-state index contributed by atoms with van der Waals surface area (Å²) in [5.41, 5.74) is 1.97. The lowest BCUT2D eigenvalue weighted by Crippen LogP contribution is -2.47. The first-order valence-electron chi connectivity index (χ1n) is 10.8. The van der Waals surface area contributed by atoms with Crippen LogP contribution in [0.4, 0.5) is 11.4 Å². The third kappa shape index (κ3) is 4.75. The molecule has 168 valence electrons. The van der Waals surface area contributed by atoms with Gasteiger partial charge in [0.05, 0.1) is 13.0 Å². The van der Waals surface area contributed by atoms with Crippen LogP contribution in [0.1, 0.15) is 16.8 Å². The van der Waals surface area contributed by atoms with Gasteiger partial charge in [0.1, 0.15) is 5.75 Å². The van der Waals surface area contributed by atoms with E-state index < -0.39 is 5.92 Å². The summed E-state index contributed by atoms with van der Waals surface area (Å²) in [5, 5.41) is 2.88. The molecule has 2 fully saturated rings. The highest BCUT2D eigenvalue weighted by atomic mass is 16.5. The van der Waals surface area contributed by atoms with Gasteiger partial charge >= 0.3 is 0 Å². The summed E-state index contributed by atoms with van der Waals surface area (Å²) in [6, 6.07) is 14.2. The molecule has 3 amide bonds. The van der Waals surface area contributed by atoms with Crippen LogP contribution in [-0.2, 0) is 9.59 Å². The number of nitrogens with one attached hydrogen (secondary N) is 1. The Morgan fingerprint density at radius 2 is 1.62 bits per heavy atom. The smallest absolute Gasteiger partial charge is 0.253 e. The van der Waals surface area contributed by atoms with Crippen molar-refractivity contribution in [3.8, 4) is 5.75 Å². The average molecular weight is 437 g/mol. The fourth-order valence-electron chi connectivity index (χ4n) is 4.03. The molecular weight excluding hydrogens is 408 g/mol. The monoisotopic (exact) mass is 436 g/mol. The van der Waals surface area contributed by atoms with Crippen molar-refractivity contribution in [2.24, 2.45) is 5.92 Å². The van der Waals surface area contributed by atoms with Crippen LogP contribution in [0.3, 0.4) is 0 Å². The van der Waals surface area contributed by atoms with E-state index >= 15 is 0 Å². The molecule has 0 saturated carbocycles. The van der Waals surface area contributed by atoms with Crippen LogP contribution in [0.15, 0.2) is 48.5 Å². The Bertz CT molecular complexity index is 982. The fourth-order valence-corrected chi connectivity index (χ4v) is 4.03. The molecule has 2 aromatic rings. The molecule has 2 aliphatic rings. The molecule has 2 aliphatic heterocycles. The van der Waals surface area contributed by atoms with Crippen molar-refractivity contribution >= 4 is 29.1 Å². The van der Waals surface area contributed by atoms with Crippen LogP contribution in [0.5, 0.6) is 5.75 Å². The molecule has 0 bridgehead atoms. The van der Waals surface area contributed by atoms with Gasteiger partial charge in [-0.25, -0.2) is 0 Å². The van der Waals surface area contributed by atoms with Gasteiger partial charge in [0, 0.05) is 56.1 Å². The lowest BCUT2D eigenvalue weighted by Gasteiger charge is -2.32. The van der Waals surface area contributed by atoms with Gasteiger partial charge in [-0.2, -0.15) is 0 Å². The first-order chi connectivity index (χ1) is 15.4. The van der Waals surface area contributed by atoms with Crippen LogP contribution < -0.4 is 15.0 Å². The Hall–Kier alpha value is -3.39. The summed E-state index contributed by atoms with van der Waals surface area (Å²) in [4.78, 5) is 43.5. The summed E-state index contributed by atoms with van der Waals surface area (Å²) >= 11 is 0. The minimum Gasteiger partial charge on any atom is -0.497 e. The summed E-state index contributed by atoms with van der Waals surface area (Å²) in [6.07, 6.45) is 0.165. The summed E-state index contributed by atoms with van der Waals surface area (Å²) in [6.45, 7) is 3.50. The molecule has 32 heavy (non-hydrogen) atoms. The molecule has 8 nitrogen and oxygen atoms in total. The van der Waals surface area contributed by atoms with Crippen molar-refractivity contribution < 1.29 is 19.1 Å². The number of carbonyl (C=O) groups excluding carboxylic acids is 3. The van der Waals surface area contributed by atoms with E-state index in [4.69, 9.17) is 4.74 Å². The predicted molar refractivity (Wildman–Crippen MR) is 122 cm³/mol. The van der Waals surface area contributed by atoms with E-state index in [0.29, 0.717) is 36.6 Å². The largest absolute Gasteiger partial charge is 0.497 e. The number of methoxy groups -OCH3 is 1. The summed E-state index contributed by atoms with van der Waals surface area (Å²) in [5.74, 6) is 0.00364. The maximum Gasteiger partial charge on any atom is 0.253 e. The number of carbonyl (C=O) groups is 3. The average Bonchev–Trinajstić information content (AvgIpc) is 3.21. The second-order valence-electron chi connectivity index (χ2n) is 8.27. The number of ether oxygens (including phenoxy) is 1. The topological polar surface area (TPSA) is 82.2 Å². The Labute approximate surface area is 187 Å². The maximum atomic E-state index is 12.7. The molecule has 0 radical (unpaired) electrons. The van der Waals surface area contributed by atoms with E-state index in [1.807, 2.05) is 24.1 Å². The highest BCUT2D eigenvalue weighted by Crippen LogP contribution is 2.27. The Balaban J connectivity index is 1.34. The van der Waals surface area contributed by atoms with Crippen LogP contribution in [0.2, 0.25) is 0 Å². The molecule has 4 rings (SSSR count). The number of rotatable bonds is 5. The van der Waals surface area contributed by atoms with E-state index in [9.17, 15) is 14.4 Å². The highest BCUT2D eigenvalue weighted by molar-refractivity contribution is 6.03. The number of amides is 3. The van der Waals surface area contributed by atoms with Crippen LogP contribution in [0, 0.1) is 5.92 Å². The van der Waals surface area contributed by atoms with E-state index in [-0.39, 0.29) is 24.1 Å². The maximum absolute atomic E-state index is 12.7. The fraction of sp³-hybridized carbons (Fsp3) is 0.375. The molecule has 1 atom stereocenters. The van der Waals surface area contributed by atoms with Gasteiger partial charge in [0.25, 0.3) is 5.91 Å². The third-order valence-electron chi connectivity index (χ3n) is 6.07. The number of hydrogen-bond acceptors (Lipinski definition) is 5. The van der Waals surface area contributed by atoms with Crippen molar-refractivity contribution in [1.82, 2.24) is 9.80 Å². The number of anilines is 2. The van der Waals surface area contributed by atoms with E-state index in [1.165, 1.54) is 0 Å². The quantitative estimate of drug-likeness (QED) is 0.776. The zero-order chi connectivity index (χ0) is 22.7. The van der Waals surface area contributed by atoms with Gasteiger partial charge in [-0.15, -0.1) is 0 Å². The lowest BCUT2D eigenvalue weighted by atomic mass is 10.1. The van der Waals surface area contributed by atoms with Gasteiger partial charge in [0.2, 0.25) is 11.8 Å². The zero-order valence-electron chi connectivity index (χ0n) is 18.4. The predicted octanol–water partition coefficient (Wildman–Crippen LogP) is 2.07. The summed E-state index contributed by atoms with van der Waals surface area (Å²) in [7, 11) is 3.64. The molecule has 0 aromatic heterocycles. The van der Waals surface area contributed by atoms with Gasteiger partial charge in [0.15, 0.2) is 0 Å². The second kappa shape index (κ2) is 9.40. The molecule has 1 N–H and O–H groups in total. The molecule has 2 aromatic carbocycles. The molecule has 0 aliphatic carbocycles. The van der Waals surface area contributed by atoms with Crippen LogP contribution in [-0.4, -0.2) is 74.4 Å². The highest BCUT2D eigenvalue weighted by Gasteiger charge is 2.35. The van der Waals surface area contributed by atoms with Gasteiger partial charge < -0.3 is 24.8 Å². The third-order valence-corrected chi connectivity index (χ3v) is 6.07. The molecule has 0 spiro atoms. The Morgan fingerprint density at radius 1 is 0.969 bits per heavy atom. The van der Waals surface area contributed by atoms with Gasteiger partial charge in [-0.1, -0.05) is 0 Å². The Morgan fingerprint density at radius 3 is 2.25 bits per heavy atom. The zero-order valence-corrected chi connectivity index (χ0v) is 18.4. The van der Waals surface area contributed by atoms with E-state index in [2.05, 4.69) is 10.2 Å². The minimum absolute atomic E-state index is 0.00694. The van der Waals surface area contributed by atoms with Crippen molar-refractivity contribution in [3.05, 3.63) is 54.1 Å². The molecule has 8 heteroatoms. The Kier molecular flexibility index (Phi) is 6.41. The second-order valence-corrected chi connectivity index (χ2v) is 8.27. The summed E-state index contributed by atoms with van der Waals surface area (Å²) < 4.78 is 5.15. The van der Waals surface area contributed by atoms with Crippen molar-refractivity contribution in [3.63, 3.8) is 0 Å². The standard InChI is InChI=1S/C24H28N4O4/c1-26-11-13-27(14-12-26)24(31)17-3-5-19(6-4-17)25-23(30)18-15-22(29)28(16-18)20-7-9-21(32-2)10-8-20/h3-10,18H,11-16H2,1-2H3,(H,25,30). The number of likely N-dealkylation sites (N-methyl/N-ethyl adjacent to an activating group) is 1. The van der Waals surface area contributed by atoms with Crippen LogP contribution in [0.25, 0.3) is 0 Å². The van der Waals surface area contributed by atoms with Gasteiger partial charge in [-0.05, 0) is 55.6 Å². The minimum atomic E-state index is -0.434. The van der Waals surface area contributed by atoms with E-state index in [1.54, 1.807) is 48.4 Å². The van der Waals surface area contributed by atoms with Crippen molar-refractivity contribution in [2.75, 3.05) is 57.1 Å². The van der Waals surface area contributed by atoms with Crippen LogP contribution >= 0.6 is 0 Å². The van der Waals surface area contributed by atoms with E-state index in [0.717, 1.165) is 18.8 Å². The number of benzene rings is 2. The number of hydrogen-bond donors (Lipinski definition) is 1. The first kappa shape index (κ1) is 21.8. The normalized spacial score (nSPS) is 19.2.